The lowest BCUT2D eigenvalue weighted by atomic mass is 10.0. The molecule has 0 radical (unpaired) electrons. The molecule has 5 heteroatoms. The Bertz CT molecular complexity index is 671. The van der Waals surface area contributed by atoms with Crippen LogP contribution in [0, 0.1) is 17.3 Å². The van der Waals surface area contributed by atoms with Gasteiger partial charge in [-0.1, -0.05) is 18.9 Å². The zero-order valence-electron chi connectivity index (χ0n) is 15.7. The van der Waals surface area contributed by atoms with Crippen molar-refractivity contribution in [1.82, 2.24) is 14.8 Å². The molecule has 0 bridgehead atoms. The largest absolute Gasteiger partial charge is 0.342 e. The fourth-order valence-corrected chi connectivity index (χ4v) is 4.93. The van der Waals surface area contributed by atoms with Crippen LogP contribution in [0.25, 0.3) is 0 Å². The van der Waals surface area contributed by atoms with Gasteiger partial charge in [-0.3, -0.25) is 14.6 Å². The highest BCUT2D eigenvalue weighted by Crippen LogP contribution is 2.59. The van der Waals surface area contributed by atoms with Gasteiger partial charge in [0.2, 0.25) is 11.8 Å². The van der Waals surface area contributed by atoms with E-state index >= 15 is 0 Å². The molecule has 2 saturated carbocycles. The first kappa shape index (κ1) is 17.5. The lowest BCUT2D eigenvalue weighted by molar-refractivity contribution is -0.134. The topological polar surface area (TPSA) is 53.5 Å². The Morgan fingerprint density at radius 3 is 2.85 bits per heavy atom. The van der Waals surface area contributed by atoms with Crippen molar-refractivity contribution in [2.24, 2.45) is 17.3 Å². The molecule has 1 aromatic rings. The summed E-state index contributed by atoms with van der Waals surface area (Å²) in [4.78, 5) is 33.5. The average molecular weight is 355 g/mol. The lowest BCUT2D eigenvalue weighted by Gasteiger charge is -2.20. The summed E-state index contributed by atoms with van der Waals surface area (Å²) in [6, 6.07) is 5.78. The summed E-state index contributed by atoms with van der Waals surface area (Å²) in [5, 5.41) is 0. The third-order valence-corrected chi connectivity index (χ3v) is 6.67. The van der Waals surface area contributed by atoms with E-state index in [0.29, 0.717) is 24.8 Å². The molecular weight excluding hydrogens is 326 g/mol. The van der Waals surface area contributed by atoms with Gasteiger partial charge in [-0.15, -0.1) is 0 Å². The minimum absolute atomic E-state index is 0.0563. The number of carbonyl (C=O) groups is 2. The molecule has 0 N–H and O–H groups in total. The maximum absolute atomic E-state index is 12.8. The van der Waals surface area contributed by atoms with E-state index in [9.17, 15) is 9.59 Å². The van der Waals surface area contributed by atoms with Crippen LogP contribution in [0.15, 0.2) is 24.4 Å². The number of rotatable bonds is 5. The van der Waals surface area contributed by atoms with Gasteiger partial charge in [0, 0.05) is 44.1 Å². The monoisotopic (exact) mass is 355 g/mol. The van der Waals surface area contributed by atoms with Crippen LogP contribution in [0.3, 0.4) is 0 Å². The third-order valence-electron chi connectivity index (χ3n) is 6.67. The Kier molecular flexibility index (Phi) is 4.72. The zero-order chi connectivity index (χ0) is 18.1. The molecule has 3 aliphatic rings. The summed E-state index contributed by atoms with van der Waals surface area (Å²) in [6.45, 7) is 2.17. The van der Waals surface area contributed by atoms with E-state index in [1.54, 1.807) is 11.1 Å². The van der Waals surface area contributed by atoms with Gasteiger partial charge in [0.15, 0.2) is 0 Å². The number of hydrogen-bond acceptors (Lipinski definition) is 3. The van der Waals surface area contributed by atoms with Gasteiger partial charge in [0.1, 0.15) is 0 Å². The average Bonchev–Trinajstić information content (AvgIpc) is 2.98. The molecule has 140 valence electrons. The van der Waals surface area contributed by atoms with Crippen LogP contribution in [0.2, 0.25) is 0 Å². The molecule has 26 heavy (non-hydrogen) atoms. The lowest BCUT2D eigenvalue weighted by Crippen LogP contribution is -2.32. The Labute approximate surface area is 155 Å². The molecule has 1 saturated heterocycles. The van der Waals surface area contributed by atoms with Crippen molar-refractivity contribution in [3.63, 3.8) is 0 Å². The Balaban J connectivity index is 1.29. The number of carbonyl (C=O) groups excluding carboxylic acids is 2. The molecule has 2 atom stereocenters. The molecule has 2 unspecified atom stereocenters. The SMILES string of the molecule is CN(Cc1ccccn1)C(=O)C1CC12CCN(C(=O)CC1CCCC1)C2. The second-order valence-corrected chi connectivity index (χ2v) is 8.55. The molecular formula is C21H29N3O2. The van der Waals surface area contributed by atoms with Crippen molar-refractivity contribution < 1.29 is 9.59 Å². The first-order valence-electron chi connectivity index (χ1n) is 10.00. The second kappa shape index (κ2) is 7.01. The Morgan fingerprint density at radius 2 is 2.12 bits per heavy atom. The fourth-order valence-electron chi connectivity index (χ4n) is 4.93. The van der Waals surface area contributed by atoms with E-state index in [1.807, 2.05) is 30.1 Å². The number of hydrogen-bond donors (Lipinski definition) is 0. The first-order chi connectivity index (χ1) is 12.6. The molecule has 2 heterocycles. The molecule has 4 rings (SSSR count). The van der Waals surface area contributed by atoms with Crippen LogP contribution in [0.5, 0.6) is 0 Å². The molecule has 2 aliphatic carbocycles. The Hall–Kier alpha value is -1.91. The van der Waals surface area contributed by atoms with Crippen molar-refractivity contribution in [2.45, 2.75) is 51.5 Å². The van der Waals surface area contributed by atoms with E-state index < -0.39 is 0 Å². The van der Waals surface area contributed by atoms with Crippen LogP contribution < -0.4 is 0 Å². The van der Waals surface area contributed by atoms with E-state index in [1.165, 1.54) is 25.7 Å². The van der Waals surface area contributed by atoms with Crippen molar-refractivity contribution >= 4 is 11.8 Å². The van der Waals surface area contributed by atoms with Crippen molar-refractivity contribution in [3.05, 3.63) is 30.1 Å². The molecule has 0 aromatic carbocycles. The minimum atomic E-state index is 0.0563. The number of aromatic nitrogens is 1. The standard InChI is InChI=1S/C21H29N3O2/c1-23(14-17-8-4-5-10-22-17)20(26)18-13-21(18)9-11-24(15-21)19(25)12-16-6-2-3-7-16/h4-5,8,10,16,18H,2-3,6-7,9,11-15H2,1H3. The maximum atomic E-state index is 12.8. The predicted octanol–water partition coefficient (Wildman–Crippen LogP) is 2.86. The van der Waals surface area contributed by atoms with Gasteiger partial charge in [-0.2, -0.15) is 0 Å². The summed E-state index contributed by atoms with van der Waals surface area (Å²) >= 11 is 0. The van der Waals surface area contributed by atoms with Gasteiger partial charge in [0.05, 0.1) is 12.2 Å². The van der Waals surface area contributed by atoms with Gasteiger partial charge in [0.25, 0.3) is 0 Å². The van der Waals surface area contributed by atoms with Crippen LogP contribution in [0.1, 0.15) is 50.6 Å². The predicted molar refractivity (Wildman–Crippen MR) is 99.0 cm³/mol. The van der Waals surface area contributed by atoms with Crippen molar-refractivity contribution in [2.75, 3.05) is 20.1 Å². The molecule has 1 aromatic heterocycles. The smallest absolute Gasteiger partial charge is 0.226 e. The highest BCUT2D eigenvalue weighted by molar-refractivity contribution is 5.83. The Morgan fingerprint density at radius 1 is 1.31 bits per heavy atom. The van der Waals surface area contributed by atoms with Crippen LogP contribution in [0.4, 0.5) is 0 Å². The molecule has 3 fully saturated rings. The second-order valence-electron chi connectivity index (χ2n) is 8.55. The van der Waals surface area contributed by atoms with Crippen LogP contribution >= 0.6 is 0 Å². The normalized spacial score (nSPS) is 27.9. The fraction of sp³-hybridized carbons (Fsp3) is 0.667. The van der Waals surface area contributed by atoms with Gasteiger partial charge < -0.3 is 9.80 Å². The zero-order valence-corrected chi connectivity index (χ0v) is 15.7. The molecule has 5 nitrogen and oxygen atoms in total. The summed E-state index contributed by atoms with van der Waals surface area (Å²) in [7, 11) is 1.86. The molecule has 1 aliphatic heterocycles. The van der Waals surface area contributed by atoms with E-state index in [2.05, 4.69) is 4.98 Å². The summed E-state index contributed by atoms with van der Waals surface area (Å²) in [5.41, 5.74) is 0.971. The summed E-state index contributed by atoms with van der Waals surface area (Å²) in [5.74, 6) is 1.20. The number of pyridine rings is 1. The summed E-state index contributed by atoms with van der Waals surface area (Å²) in [6.07, 6.45) is 9.38. The van der Waals surface area contributed by atoms with Crippen molar-refractivity contribution in [3.8, 4) is 0 Å². The highest BCUT2D eigenvalue weighted by Gasteiger charge is 2.61. The minimum Gasteiger partial charge on any atom is -0.342 e. The number of nitrogens with zero attached hydrogens (tertiary/aromatic N) is 3. The molecule has 2 amide bonds. The first-order valence-corrected chi connectivity index (χ1v) is 10.00. The van der Waals surface area contributed by atoms with Gasteiger partial charge in [-0.25, -0.2) is 0 Å². The van der Waals surface area contributed by atoms with E-state index in [-0.39, 0.29) is 17.2 Å². The number of likely N-dealkylation sites (tertiary alicyclic amines) is 1. The highest BCUT2D eigenvalue weighted by atomic mass is 16.2. The van der Waals surface area contributed by atoms with Crippen LogP contribution in [-0.4, -0.2) is 46.7 Å². The summed E-state index contributed by atoms with van der Waals surface area (Å²) < 4.78 is 0. The van der Waals surface area contributed by atoms with Crippen LogP contribution in [-0.2, 0) is 16.1 Å². The quantitative estimate of drug-likeness (QED) is 0.816. The van der Waals surface area contributed by atoms with Crippen molar-refractivity contribution in [1.29, 1.82) is 0 Å². The van der Waals surface area contributed by atoms with E-state index in [4.69, 9.17) is 0 Å². The van der Waals surface area contributed by atoms with E-state index in [0.717, 1.165) is 31.6 Å². The number of amides is 2. The third kappa shape index (κ3) is 3.49. The van der Waals surface area contributed by atoms with Gasteiger partial charge in [-0.05, 0) is 43.7 Å². The van der Waals surface area contributed by atoms with Gasteiger partial charge >= 0.3 is 0 Å². The molecule has 1 spiro atoms. The maximum Gasteiger partial charge on any atom is 0.226 e.